The third-order valence-electron chi connectivity index (χ3n) is 1.85. The molecule has 0 bridgehead atoms. The standard InChI is InChI=1S/C11H10N2S2/c1-2-11(14)15-10-4-3-8(6-12)9(5-10)7-13/h3-5,11,14H,2H2,1H3. The van der Waals surface area contributed by atoms with Crippen molar-refractivity contribution >= 4 is 24.4 Å². The highest BCUT2D eigenvalue weighted by Gasteiger charge is 2.06. The van der Waals surface area contributed by atoms with Crippen LogP contribution in [-0.2, 0) is 0 Å². The first kappa shape index (κ1) is 12.0. The largest absolute Gasteiger partial charge is 0.192 e. The molecule has 0 aliphatic rings. The summed E-state index contributed by atoms with van der Waals surface area (Å²) >= 11 is 5.96. The minimum absolute atomic E-state index is 0.226. The second-order valence-corrected chi connectivity index (χ2v) is 5.16. The van der Waals surface area contributed by atoms with Crippen LogP contribution in [0, 0.1) is 22.7 Å². The monoisotopic (exact) mass is 234 g/mol. The van der Waals surface area contributed by atoms with Crippen molar-refractivity contribution in [1.82, 2.24) is 0 Å². The van der Waals surface area contributed by atoms with Crippen LogP contribution in [-0.4, -0.2) is 4.58 Å². The third-order valence-corrected chi connectivity index (χ3v) is 3.67. The molecule has 0 aliphatic carbocycles. The Labute approximate surface area is 99.3 Å². The van der Waals surface area contributed by atoms with Gasteiger partial charge in [-0.3, -0.25) is 0 Å². The van der Waals surface area contributed by atoms with Crippen molar-refractivity contribution in [2.75, 3.05) is 0 Å². The van der Waals surface area contributed by atoms with Gasteiger partial charge in [0.15, 0.2) is 0 Å². The summed E-state index contributed by atoms with van der Waals surface area (Å²) in [6.45, 7) is 2.06. The van der Waals surface area contributed by atoms with Crippen LogP contribution in [0.5, 0.6) is 0 Å². The van der Waals surface area contributed by atoms with E-state index in [4.69, 9.17) is 10.5 Å². The van der Waals surface area contributed by atoms with Crippen LogP contribution in [0.2, 0.25) is 0 Å². The number of hydrogen-bond donors (Lipinski definition) is 1. The van der Waals surface area contributed by atoms with Crippen molar-refractivity contribution in [3.05, 3.63) is 29.3 Å². The van der Waals surface area contributed by atoms with Crippen LogP contribution >= 0.6 is 24.4 Å². The summed E-state index contributed by atoms with van der Waals surface area (Å²) in [6, 6.07) is 9.27. The Balaban J connectivity index is 2.96. The number of nitriles is 2. The summed E-state index contributed by atoms with van der Waals surface area (Å²) in [6.07, 6.45) is 0.954. The van der Waals surface area contributed by atoms with Gasteiger partial charge in [0.05, 0.1) is 15.7 Å². The molecule has 0 aliphatic heterocycles. The molecule has 4 heteroatoms. The molecule has 1 rings (SSSR count). The molecule has 0 heterocycles. The molecule has 0 saturated carbocycles. The van der Waals surface area contributed by atoms with E-state index in [2.05, 4.69) is 19.6 Å². The third kappa shape index (κ3) is 3.20. The molecule has 0 saturated heterocycles. The molecule has 0 N–H and O–H groups in total. The van der Waals surface area contributed by atoms with E-state index >= 15 is 0 Å². The highest BCUT2D eigenvalue weighted by molar-refractivity contribution is 8.10. The Morgan fingerprint density at radius 1 is 1.33 bits per heavy atom. The molecular weight excluding hydrogens is 224 g/mol. The number of rotatable bonds is 3. The van der Waals surface area contributed by atoms with Gasteiger partial charge in [0.25, 0.3) is 0 Å². The van der Waals surface area contributed by atoms with E-state index in [1.807, 2.05) is 18.2 Å². The summed E-state index contributed by atoms with van der Waals surface area (Å²) in [5.41, 5.74) is 0.855. The van der Waals surface area contributed by atoms with Crippen LogP contribution in [0.4, 0.5) is 0 Å². The van der Waals surface area contributed by atoms with Crippen molar-refractivity contribution in [3.8, 4) is 12.1 Å². The maximum atomic E-state index is 8.84. The van der Waals surface area contributed by atoms with Gasteiger partial charge in [0.1, 0.15) is 12.1 Å². The highest BCUT2D eigenvalue weighted by atomic mass is 32.2. The Bertz CT molecular complexity index is 429. The molecular formula is C11H10N2S2. The second-order valence-electron chi connectivity index (χ2n) is 2.91. The van der Waals surface area contributed by atoms with Gasteiger partial charge in [0.2, 0.25) is 0 Å². The lowest BCUT2D eigenvalue weighted by Gasteiger charge is -2.07. The minimum atomic E-state index is 0.226. The van der Waals surface area contributed by atoms with E-state index in [9.17, 15) is 0 Å². The van der Waals surface area contributed by atoms with Crippen LogP contribution in [0.15, 0.2) is 23.1 Å². The van der Waals surface area contributed by atoms with E-state index < -0.39 is 0 Å². The Morgan fingerprint density at radius 3 is 2.53 bits per heavy atom. The SMILES string of the molecule is CCC(S)Sc1ccc(C#N)c(C#N)c1. The van der Waals surface area contributed by atoms with Gasteiger partial charge in [-0.25, -0.2) is 0 Å². The molecule has 1 aromatic rings. The van der Waals surface area contributed by atoms with Gasteiger partial charge in [-0.15, -0.1) is 11.8 Å². The molecule has 0 fully saturated rings. The zero-order chi connectivity index (χ0) is 11.3. The number of benzene rings is 1. The molecule has 0 radical (unpaired) electrons. The molecule has 0 spiro atoms. The van der Waals surface area contributed by atoms with Gasteiger partial charge < -0.3 is 0 Å². The average Bonchev–Trinajstić information content (AvgIpc) is 2.28. The summed E-state index contributed by atoms with van der Waals surface area (Å²) in [5.74, 6) is 0. The predicted molar refractivity (Wildman–Crippen MR) is 64.8 cm³/mol. The molecule has 1 unspecified atom stereocenters. The van der Waals surface area contributed by atoms with Crippen molar-refractivity contribution in [2.24, 2.45) is 0 Å². The fourth-order valence-electron chi connectivity index (χ4n) is 1.03. The van der Waals surface area contributed by atoms with Crippen molar-refractivity contribution in [3.63, 3.8) is 0 Å². The van der Waals surface area contributed by atoms with Crippen molar-refractivity contribution in [1.29, 1.82) is 10.5 Å². The quantitative estimate of drug-likeness (QED) is 0.496. The lowest BCUT2D eigenvalue weighted by Crippen LogP contribution is -1.90. The van der Waals surface area contributed by atoms with Crippen LogP contribution in [0.3, 0.4) is 0 Å². The Kier molecular flexibility index (Phi) is 4.55. The fraction of sp³-hybridized carbons (Fsp3) is 0.273. The first-order valence-corrected chi connectivity index (χ1v) is 5.89. The van der Waals surface area contributed by atoms with E-state index in [0.717, 1.165) is 11.3 Å². The number of hydrogen-bond acceptors (Lipinski definition) is 4. The summed E-state index contributed by atoms with van der Waals surface area (Å²) in [5, 5.41) is 17.6. The second kappa shape index (κ2) is 5.70. The Hall–Kier alpha value is -1.10. The lowest BCUT2D eigenvalue weighted by molar-refractivity contribution is 1.06. The van der Waals surface area contributed by atoms with Gasteiger partial charge in [-0.1, -0.05) is 6.92 Å². The summed E-state index contributed by atoms with van der Waals surface area (Å²) in [7, 11) is 0. The molecule has 0 aromatic heterocycles. The number of thiol groups is 1. The zero-order valence-corrected chi connectivity index (χ0v) is 9.98. The minimum Gasteiger partial charge on any atom is -0.192 e. The van der Waals surface area contributed by atoms with E-state index in [-0.39, 0.29) is 4.58 Å². The van der Waals surface area contributed by atoms with Crippen LogP contribution in [0.25, 0.3) is 0 Å². The van der Waals surface area contributed by atoms with Gasteiger partial charge in [0, 0.05) is 4.90 Å². The van der Waals surface area contributed by atoms with Crippen molar-refractivity contribution < 1.29 is 0 Å². The predicted octanol–water partition coefficient (Wildman–Crippen LogP) is 3.19. The molecule has 2 nitrogen and oxygen atoms in total. The first-order chi connectivity index (χ1) is 7.21. The van der Waals surface area contributed by atoms with Crippen LogP contribution < -0.4 is 0 Å². The maximum absolute atomic E-state index is 8.84. The molecule has 1 aromatic carbocycles. The van der Waals surface area contributed by atoms with E-state index in [1.165, 1.54) is 0 Å². The van der Waals surface area contributed by atoms with Crippen LogP contribution in [0.1, 0.15) is 24.5 Å². The van der Waals surface area contributed by atoms with E-state index in [0.29, 0.717) is 11.1 Å². The molecule has 15 heavy (non-hydrogen) atoms. The van der Waals surface area contributed by atoms with E-state index in [1.54, 1.807) is 23.9 Å². The fourth-order valence-corrected chi connectivity index (χ4v) is 2.21. The van der Waals surface area contributed by atoms with Gasteiger partial charge >= 0.3 is 0 Å². The normalized spacial score (nSPS) is 11.5. The smallest absolute Gasteiger partial charge is 0.101 e. The highest BCUT2D eigenvalue weighted by Crippen LogP contribution is 2.28. The first-order valence-electron chi connectivity index (χ1n) is 4.50. The number of nitrogens with zero attached hydrogens (tertiary/aromatic N) is 2. The van der Waals surface area contributed by atoms with Crippen molar-refractivity contribution in [2.45, 2.75) is 22.8 Å². The molecule has 1 atom stereocenters. The van der Waals surface area contributed by atoms with Gasteiger partial charge in [-0.2, -0.15) is 23.2 Å². The molecule has 0 amide bonds. The topological polar surface area (TPSA) is 47.6 Å². The zero-order valence-electron chi connectivity index (χ0n) is 8.27. The van der Waals surface area contributed by atoms with Gasteiger partial charge in [-0.05, 0) is 24.6 Å². The maximum Gasteiger partial charge on any atom is 0.101 e. The number of thioether (sulfide) groups is 1. The molecule has 76 valence electrons. The average molecular weight is 234 g/mol. The summed E-state index contributed by atoms with van der Waals surface area (Å²) < 4.78 is 0.226. The Morgan fingerprint density at radius 2 is 2.00 bits per heavy atom. The lowest BCUT2D eigenvalue weighted by atomic mass is 10.1. The summed E-state index contributed by atoms with van der Waals surface area (Å²) in [4.78, 5) is 0.979.